The third-order valence-electron chi connectivity index (χ3n) is 5.62. The highest BCUT2D eigenvalue weighted by molar-refractivity contribution is 5.54. The molecule has 0 radical (unpaired) electrons. The van der Waals surface area contributed by atoms with Gasteiger partial charge in [0.25, 0.3) is 0 Å². The molecule has 4 aliphatic carbocycles. The lowest BCUT2D eigenvalue weighted by Gasteiger charge is -2.74. The lowest BCUT2D eigenvalue weighted by Crippen LogP contribution is -3.11. The van der Waals surface area contributed by atoms with Gasteiger partial charge >= 0.3 is 58.0 Å². The van der Waals surface area contributed by atoms with Gasteiger partial charge in [-0.15, -0.1) is 0 Å². The predicted molar refractivity (Wildman–Crippen MR) is 48.3 cm³/mol. The van der Waals surface area contributed by atoms with Crippen molar-refractivity contribution >= 4 is 0 Å². The van der Waals surface area contributed by atoms with Gasteiger partial charge in [0, 0.05) is 0 Å². The van der Waals surface area contributed by atoms with E-state index >= 15 is 0 Å². The molecule has 0 spiro atoms. The van der Waals surface area contributed by atoms with Gasteiger partial charge < -0.3 is 0 Å². The van der Waals surface area contributed by atoms with Crippen LogP contribution in [0.1, 0.15) is 0 Å². The predicted octanol–water partition coefficient (Wildman–Crippen LogP) is 4.47. The first kappa shape index (κ1) is 22.4. The fourth-order valence-corrected chi connectivity index (χ4v) is 4.27. The van der Waals surface area contributed by atoms with Crippen molar-refractivity contribution in [2.75, 3.05) is 0 Å². The zero-order valence-electron chi connectivity index (χ0n) is 12.3. The summed E-state index contributed by atoms with van der Waals surface area (Å²) in [6.45, 7) is 0. The highest BCUT2D eigenvalue weighted by atomic mass is 19.4. The Morgan fingerprint density at radius 2 is 0.483 bits per heavy atom. The molecule has 3 nitrogen and oxygen atoms in total. The first-order valence-electron chi connectivity index (χ1n) is 6.53. The first-order chi connectivity index (χ1) is 12.7. The van der Waals surface area contributed by atoms with Crippen molar-refractivity contribution in [2.24, 2.45) is 0 Å². The van der Waals surface area contributed by atoms with Crippen LogP contribution in [0.5, 0.6) is 0 Å². The Labute approximate surface area is 145 Å². The fourth-order valence-electron chi connectivity index (χ4n) is 4.27. The molecule has 0 aromatic carbocycles. The van der Waals surface area contributed by atoms with Gasteiger partial charge in [-0.2, -0.15) is 67.5 Å². The molecular weight excluding hydrogens is 472 g/mol. The summed E-state index contributed by atoms with van der Waals surface area (Å²) in [5.41, 5.74) is -30.1. The number of halogens is 16. The van der Waals surface area contributed by atoms with Crippen LogP contribution in [0.15, 0.2) is 0 Å². The molecule has 29 heavy (non-hydrogen) atoms. The summed E-state index contributed by atoms with van der Waals surface area (Å²) in [7, 11) is 0. The molecule has 0 amide bonds. The molecule has 0 N–H and O–H groups in total. The minimum absolute atomic E-state index is 1.51. The largest absolute Gasteiger partial charge is 0.337 e. The number of hydrogen-bond donors (Lipinski definition) is 0. The van der Waals surface area contributed by atoms with E-state index in [1.165, 1.54) is 14.8 Å². The van der Waals surface area contributed by atoms with Crippen molar-refractivity contribution in [1.82, 2.24) is 0 Å². The Morgan fingerprint density at radius 1 is 0.310 bits per heavy atom. The molecule has 4 rings (SSSR count). The van der Waals surface area contributed by atoms with Crippen LogP contribution in [0, 0.1) is 0 Å². The molecule has 4 bridgehead atoms. The summed E-state index contributed by atoms with van der Waals surface area (Å²) < 4.78 is 223. The standard InChI is InChI=1S/C10F16O3/c11-1-5(12,13)2(27-24)8(18,19)3(28-25,6(1,14)15)10(22,23)4(29-26,7(1,16)17)9(2,20)21. The van der Waals surface area contributed by atoms with Crippen LogP contribution >= 0.6 is 0 Å². The van der Waals surface area contributed by atoms with E-state index in [9.17, 15) is 70.7 Å². The molecule has 4 aliphatic rings. The van der Waals surface area contributed by atoms with E-state index in [4.69, 9.17) is 0 Å². The maximum Gasteiger partial charge on any atom is 0.337 e. The second-order valence-electron chi connectivity index (χ2n) is 6.38. The maximum atomic E-state index is 14.6. The van der Waals surface area contributed by atoms with Crippen LogP contribution < -0.4 is 0 Å². The Kier molecular flexibility index (Phi) is 3.60. The van der Waals surface area contributed by atoms with Crippen molar-refractivity contribution in [1.29, 1.82) is 0 Å². The molecule has 0 aliphatic heterocycles. The highest BCUT2D eigenvalue weighted by Crippen LogP contribution is 2.88. The smallest absolute Gasteiger partial charge is 0.223 e. The molecule has 0 heterocycles. The van der Waals surface area contributed by atoms with Crippen LogP contribution in [0.2, 0.25) is 0 Å². The van der Waals surface area contributed by atoms with E-state index in [0.717, 1.165) is 0 Å². The molecule has 0 aromatic rings. The van der Waals surface area contributed by atoms with Crippen molar-refractivity contribution in [3.63, 3.8) is 0 Å². The Balaban J connectivity index is 2.78. The molecule has 4 fully saturated rings. The topological polar surface area (TPSA) is 27.7 Å². The van der Waals surface area contributed by atoms with Gasteiger partial charge in [0.05, 0.1) is 0 Å². The fraction of sp³-hybridized carbons (Fsp3) is 1.00. The molecule has 0 unspecified atom stereocenters. The molecule has 0 aromatic heterocycles. The van der Waals surface area contributed by atoms with Gasteiger partial charge in [0.15, 0.2) is 0 Å². The second-order valence-corrected chi connectivity index (χ2v) is 6.38. The Hall–Kier alpha value is -1.24. The molecular formula is C10F16O3. The highest BCUT2D eigenvalue weighted by Gasteiger charge is 3.24. The average molecular weight is 472 g/mol. The van der Waals surface area contributed by atoms with E-state index in [-0.39, 0.29) is 0 Å². The van der Waals surface area contributed by atoms with Crippen molar-refractivity contribution in [2.45, 2.75) is 58.0 Å². The van der Waals surface area contributed by atoms with E-state index in [2.05, 4.69) is 0 Å². The van der Waals surface area contributed by atoms with Gasteiger partial charge in [-0.05, 0) is 13.6 Å². The van der Waals surface area contributed by atoms with Crippen LogP contribution in [0.3, 0.4) is 0 Å². The number of rotatable bonds is 3. The lowest BCUT2D eigenvalue weighted by atomic mass is 9.39. The zero-order valence-corrected chi connectivity index (χ0v) is 12.3. The van der Waals surface area contributed by atoms with Gasteiger partial charge in [-0.3, -0.25) is 0 Å². The van der Waals surface area contributed by atoms with Crippen molar-refractivity contribution < 1.29 is 85.5 Å². The minimum atomic E-state index is -7.85. The van der Waals surface area contributed by atoms with Gasteiger partial charge in [-0.1, -0.05) is 0 Å². The van der Waals surface area contributed by atoms with Gasteiger partial charge in [-0.25, -0.2) is 4.39 Å². The zero-order chi connectivity index (χ0) is 23.1. The number of hydrogen-bond acceptors (Lipinski definition) is 3. The summed E-state index contributed by atoms with van der Waals surface area (Å²) in [6.07, 6.45) is 0. The monoisotopic (exact) mass is 472 g/mol. The number of alkyl halides is 13. The molecule has 0 saturated heterocycles. The Morgan fingerprint density at radius 3 is 0.621 bits per heavy atom. The van der Waals surface area contributed by atoms with E-state index < -0.39 is 58.0 Å². The van der Waals surface area contributed by atoms with Crippen molar-refractivity contribution in [3.05, 3.63) is 0 Å². The molecule has 19 heteroatoms. The molecule has 0 atom stereocenters. The van der Waals surface area contributed by atoms with Crippen LogP contribution in [-0.4, -0.2) is 58.0 Å². The average Bonchev–Trinajstić information content (AvgIpc) is 2.51. The summed E-state index contributed by atoms with van der Waals surface area (Å²) in [5.74, 6) is -46.9. The summed E-state index contributed by atoms with van der Waals surface area (Å²) in [6, 6.07) is 0. The third kappa shape index (κ3) is 1.22. The van der Waals surface area contributed by atoms with Crippen LogP contribution in [-0.2, 0) is 14.8 Å². The second kappa shape index (κ2) is 4.66. The van der Waals surface area contributed by atoms with E-state index in [1.807, 2.05) is 0 Å². The minimum Gasteiger partial charge on any atom is -0.223 e. The van der Waals surface area contributed by atoms with Gasteiger partial charge in [0.1, 0.15) is 0 Å². The quantitative estimate of drug-likeness (QED) is 0.568. The third-order valence-corrected chi connectivity index (χ3v) is 5.62. The van der Waals surface area contributed by atoms with E-state index in [1.54, 1.807) is 0 Å². The van der Waals surface area contributed by atoms with Gasteiger partial charge in [0.2, 0.25) is 0 Å². The van der Waals surface area contributed by atoms with Crippen LogP contribution in [0.25, 0.3) is 0 Å². The Bertz CT molecular complexity index is 644. The first-order valence-corrected chi connectivity index (χ1v) is 6.53. The lowest BCUT2D eigenvalue weighted by molar-refractivity contribution is -0.671. The summed E-state index contributed by atoms with van der Waals surface area (Å²) in [4.78, 5) is 4.54. The molecule has 4 saturated carbocycles. The normalized spacial score (nSPS) is 49.2. The van der Waals surface area contributed by atoms with Crippen LogP contribution in [0.4, 0.5) is 70.7 Å². The van der Waals surface area contributed by atoms with E-state index in [0.29, 0.717) is 0 Å². The summed E-state index contributed by atoms with van der Waals surface area (Å²) in [5, 5.41) is 0. The van der Waals surface area contributed by atoms with Crippen molar-refractivity contribution in [3.8, 4) is 0 Å². The SMILES string of the molecule is FOC12C(F)(F)C3(F)C(F)(F)C(OF)(C1(F)F)C(F)(F)C(OF)(C3(F)F)C2(F)F. The summed E-state index contributed by atoms with van der Waals surface area (Å²) >= 11 is 0. The maximum absolute atomic E-state index is 14.6. The molecule has 170 valence electrons.